The number of non-ortho nitro benzene ring substituents is 1. The van der Waals surface area contributed by atoms with E-state index in [1.165, 1.54) is 18.2 Å². The smallest absolute Gasteiger partial charge is 0.271 e. The van der Waals surface area contributed by atoms with Crippen LogP contribution in [0.2, 0.25) is 0 Å². The summed E-state index contributed by atoms with van der Waals surface area (Å²) in [7, 11) is 1.56. The van der Waals surface area contributed by atoms with Crippen molar-refractivity contribution in [3.63, 3.8) is 0 Å². The third-order valence-corrected chi connectivity index (χ3v) is 3.20. The molecule has 110 valence electrons. The minimum absolute atomic E-state index is 0.0395. The predicted octanol–water partition coefficient (Wildman–Crippen LogP) is 2.76. The molecule has 7 nitrogen and oxygen atoms in total. The van der Waals surface area contributed by atoms with Gasteiger partial charge in [0.2, 0.25) is 5.89 Å². The van der Waals surface area contributed by atoms with Crippen molar-refractivity contribution in [1.82, 2.24) is 10.3 Å². The van der Waals surface area contributed by atoms with E-state index < -0.39 is 4.92 Å². The molecule has 0 aliphatic heterocycles. The summed E-state index contributed by atoms with van der Waals surface area (Å²) in [5.74, 6) is 0.165. The summed E-state index contributed by atoms with van der Waals surface area (Å²) < 4.78 is 5.58. The molecule has 1 amide bonds. The number of fused-ring (bicyclic) bond motifs is 1. The zero-order valence-corrected chi connectivity index (χ0v) is 11.6. The third kappa shape index (κ3) is 2.39. The van der Waals surface area contributed by atoms with E-state index in [9.17, 15) is 14.9 Å². The molecular weight excluding hydrogens is 286 g/mol. The SMILES string of the molecule is CNC(=O)c1ccc(-c2nc3cc([N+](=O)[O-])ccc3o2)cc1. The van der Waals surface area contributed by atoms with Crippen LogP contribution in [0.25, 0.3) is 22.6 Å². The number of nitrogens with zero attached hydrogens (tertiary/aromatic N) is 2. The van der Waals surface area contributed by atoms with E-state index in [1.54, 1.807) is 31.3 Å². The molecule has 0 unspecified atom stereocenters. The highest BCUT2D eigenvalue weighted by Gasteiger charge is 2.13. The largest absolute Gasteiger partial charge is 0.436 e. The van der Waals surface area contributed by atoms with Crippen LogP contribution < -0.4 is 5.32 Å². The first-order valence-electron chi connectivity index (χ1n) is 6.46. The number of benzene rings is 2. The van der Waals surface area contributed by atoms with E-state index >= 15 is 0 Å². The molecule has 1 N–H and O–H groups in total. The Kier molecular flexibility index (Phi) is 3.30. The topological polar surface area (TPSA) is 98.3 Å². The van der Waals surface area contributed by atoms with E-state index in [1.807, 2.05) is 0 Å². The summed E-state index contributed by atoms with van der Waals surface area (Å²) in [6.45, 7) is 0. The Morgan fingerprint density at radius 2 is 1.95 bits per heavy atom. The van der Waals surface area contributed by atoms with Crippen LogP contribution in [0.1, 0.15) is 10.4 Å². The number of aromatic nitrogens is 1. The number of rotatable bonds is 3. The van der Waals surface area contributed by atoms with Gasteiger partial charge in [-0.25, -0.2) is 4.98 Å². The Morgan fingerprint density at radius 3 is 2.59 bits per heavy atom. The zero-order valence-electron chi connectivity index (χ0n) is 11.6. The summed E-state index contributed by atoms with van der Waals surface area (Å²) >= 11 is 0. The van der Waals surface area contributed by atoms with Gasteiger partial charge in [0.15, 0.2) is 5.58 Å². The van der Waals surface area contributed by atoms with Gasteiger partial charge in [0.25, 0.3) is 11.6 Å². The van der Waals surface area contributed by atoms with Crippen molar-refractivity contribution in [2.45, 2.75) is 0 Å². The summed E-state index contributed by atoms with van der Waals surface area (Å²) in [5.41, 5.74) is 2.06. The predicted molar refractivity (Wildman–Crippen MR) is 79.5 cm³/mol. The molecule has 0 atom stereocenters. The van der Waals surface area contributed by atoms with Gasteiger partial charge in [-0.1, -0.05) is 0 Å². The first-order valence-corrected chi connectivity index (χ1v) is 6.46. The molecule has 0 bridgehead atoms. The summed E-state index contributed by atoms with van der Waals surface area (Å²) in [4.78, 5) is 26.0. The van der Waals surface area contributed by atoms with Gasteiger partial charge < -0.3 is 9.73 Å². The normalized spacial score (nSPS) is 10.6. The van der Waals surface area contributed by atoms with Crippen LogP contribution in [0.4, 0.5) is 5.69 Å². The van der Waals surface area contributed by atoms with Crippen molar-refractivity contribution in [3.8, 4) is 11.5 Å². The molecule has 1 aromatic heterocycles. The van der Waals surface area contributed by atoms with Crippen molar-refractivity contribution < 1.29 is 14.1 Å². The Hall–Kier alpha value is -3.22. The molecule has 0 fully saturated rings. The molecule has 0 aliphatic rings. The second kappa shape index (κ2) is 5.28. The summed E-state index contributed by atoms with van der Waals surface area (Å²) in [6.07, 6.45) is 0. The van der Waals surface area contributed by atoms with E-state index in [2.05, 4.69) is 10.3 Å². The van der Waals surface area contributed by atoms with Crippen LogP contribution in [0.5, 0.6) is 0 Å². The van der Waals surface area contributed by atoms with E-state index in [0.29, 0.717) is 28.1 Å². The van der Waals surface area contributed by atoms with Gasteiger partial charge in [-0.3, -0.25) is 14.9 Å². The quantitative estimate of drug-likeness (QED) is 0.592. The molecule has 0 spiro atoms. The van der Waals surface area contributed by atoms with Crippen molar-refractivity contribution in [2.75, 3.05) is 7.05 Å². The van der Waals surface area contributed by atoms with Crippen LogP contribution in [-0.2, 0) is 0 Å². The van der Waals surface area contributed by atoms with Gasteiger partial charge >= 0.3 is 0 Å². The number of nitro groups is 1. The first-order chi connectivity index (χ1) is 10.6. The molecule has 0 aliphatic carbocycles. The molecule has 7 heteroatoms. The standard InChI is InChI=1S/C15H11N3O4/c1-16-14(19)9-2-4-10(5-3-9)15-17-12-8-11(18(20)21)6-7-13(12)22-15/h2-8H,1H3,(H,16,19). The van der Waals surface area contributed by atoms with Gasteiger partial charge in [0.05, 0.1) is 4.92 Å². The summed E-state index contributed by atoms with van der Waals surface area (Å²) in [5, 5.41) is 13.3. The second-order valence-electron chi connectivity index (χ2n) is 4.58. The maximum absolute atomic E-state index is 11.5. The third-order valence-electron chi connectivity index (χ3n) is 3.20. The van der Waals surface area contributed by atoms with E-state index in [0.717, 1.165) is 0 Å². The van der Waals surface area contributed by atoms with Gasteiger partial charge in [-0.2, -0.15) is 0 Å². The number of amides is 1. The molecule has 3 aromatic rings. The molecule has 2 aromatic carbocycles. The van der Waals surface area contributed by atoms with Crippen LogP contribution in [0, 0.1) is 10.1 Å². The molecule has 1 heterocycles. The lowest BCUT2D eigenvalue weighted by atomic mass is 10.1. The number of hydrogen-bond donors (Lipinski definition) is 1. The number of carbonyl (C=O) groups is 1. The minimum atomic E-state index is -0.480. The van der Waals surface area contributed by atoms with Crippen molar-refractivity contribution in [2.24, 2.45) is 0 Å². The number of nitrogens with one attached hydrogen (secondary N) is 1. The molecule has 0 saturated heterocycles. The maximum Gasteiger partial charge on any atom is 0.271 e. The Balaban J connectivity index is 1.99. The monoisotopic (exact) mass is 297 g/mol. The molecule has 0 saturated carbocycles. The van der Waals surface area contributed by atoms with Crippen molar-refractivity contribution in [1.29, 1.82) is 0 Å². The molecule has 3 rings (SSSR count). The molecule has 0 radical (unpaired) electrons. The lowest BCUT2D eigenvalue weighted by Crippen LogP contribution is -2.17. The van der Waals surface area contributed by atoms with Crippen LogP contribution in [0.15, 0.2) is 46.9 Å². The minimum Gasteiger partial charge on any atom is -0.436 e. The number of hydrogen-bond acceptors (Lipinski definition) is 5. The van der Waals surface area contributed by atoms with Crippen LogP contribution >= 0.6 is 0 Å². The highest BCUT2D eigenvalue weighted by molar-refractivity contribution is 5.94. The van der Waals surface area contributed by atoms with Crippen LogP contribution in [0.3, 0.4) is 0 Å². The number of oxazole rings is 1. The van der Waals surface area contributed by atoms with Gasteiger partial charge in [-0.15, -0.1) is 0 Å². The van der Waals surface area contributed by atoms with E-state index in [-0.39, 0.29) is 11.6 Å². The number of nitro benzene ring substituents is 1. The fraction of sp³-hybridized carbons (Fsp3) is 0.0667. The van der Waals surface area contributed by atoms with Crippen molar-refractivity contribution in [3.05, 3.63) is 58.1 Å². The Bertz CT molecular complexity index is 868. The fourth-order valence-electron chi connectivity index (χ4n) is 2.06. The Morgan fingerprint density at radius 1 is 1.23 bits per heavy atom. The fourth-order valence-corrected chi connectivity index (χ4v) is 2.06. The molecular formula is C15H11N3O4. The lowest BCUT2D eigenvalue weighted by Gasteiger charge is -2.00. The summed E-state index contributed by atoms with van der Waals surface area (Å²) in [6, 6.07) is 11.0. The average Bonchev–Trinajstić information content (AvgIpc) is 2.97. The van der Waals surface area contributed by atoms with Crippen LogP contribution in [-0.4, -0.2) is 22.9 Å². The van der Waals surface area contributed by atoms with Crippen molar-refractivity contribution >= 4 is 22.7 Å². The lowest BCUT2D eigenvalue weighted by molar-refractivity contribution is -0.384. The zero-order chi connectivity index (χ0) is 15.7. The Labute approximate surface area is 124 Å². The number of carbonyl (C=O) groups excluding carboxylic acids is 1. The molecule has 22 heavy (non-hydrogen) atoms. The maximum atomic E-state index is 11.5. The highest BCUT2D eigenvalue weighted by atomic mass is 16.6. The first kappa shape index (κ1) is 13.7. The average molecular weight is 297 g/mol. The van der Waals surface area contributed by atoms with E-state index in [4.69, 9.17) is 4.42 Å². The highest BCUT2D eigenvalue weighted by Crippen LogP contribution is 2.27. The van der Waals surface area contributed by atoms with Gasteiger partial charge in [0, 0.05) is 30.3 Å². The van der Waals surface area contributed by atoms with Gasteiger partial charge in [0.1, 0.15) is 5.52 Å². The second-order valence-corrected chi connectivity index (χ2v) is 4.58. The van der Waals surface area contributed by atoms with Gasteiger partial charge in [-0.05, 0) is 30.3 Å².